The van der Waals surface area contributed by atoms with E-state index >= 15 is 0 Å². The number of benzene rings is 3. The van der Waals surface area contributed by atoms with Crippen LogP contribution in [0.2, 0.25) is 0 Å². The van der Waals surface area contributed by atoms with E-state index in [-0.39, 0.29) is 0 Å². The van der Waals surface area contributed by atoms with Crippen molar-refractivity contribution in [1.29, 1.82) is 0 Å². The first kappa shape index (κ1) is 14.8. The van der Waals surface area contributed by atoms with Crippen molar-refractivity contribution in [3.63, 3.8) is 0 Å². The summed E-state index contributed by atoms with van der Waals surface area (Å²) in [5.41, 5.74) is 2.30. The quantitative estimate of drug-likeness (QED) is 0.535. The van der Waals surface area contributed by atoms with Gasteiger partial charge in [0.2, 0.25) is 0 Å². The van der Waals surface area contributed by atoms with Crippen LogP contribution < -0.4 is 0 Å². The second kappa shape index (κ2) is 7.83. The maximum atomic E-state index is 4.45. The smallest absolute Gasteiger partial charge is 0.0253 e. The summed E-state index contributed by atoms with van der Waals surface area (Å²) < 4.78 is 0. The minimum atomic E-state index is 0.912. The lowest BCUT2D eigenvalue weighted by Crippen LogP contribution is -1.80. The van der Waals surface area contributed by atoms with Crippen LogP contribution in [-0.4, -0.2) is 0 Å². The number of hydrogen-bond acceptors (Lipinski definition) is 2. The first-order valence-corrected chi connectivity index (χ1v) is 7.25. The zero-order valence-corrected chi connectivity index (χ0v) is 12.8. The molecule has 0 heterocycles. The third kappa shape index (κ3) is 4.19. The first-order valence-electron chi connectivity index (χ1n) is 6.35. The van der Waals surface area contributed by atoms with Crippen LogP contribution in [0.1, 0.15) is 0 Å². The molecule has 0 spiro atoms. The maximum absolute atomic E-state index is 4.45. The Kier molecular flexibility index (Phi) is 5.78. The van der Waals surface area contributed by atoms with Crippen molar-refractivity contribution >= 4 is 25.3 Å². The van der Waals surface area contributed by atoms with Gasteiger partial charge in [-0.3, -0.25) is 0 Å². The van der Waals surface area contributed by atoms with E-state index in [9.17, 15) is 0 Å². The summed E-state index contributed by atoms with van der Waals surface area (Å²) in [5, 5.41) is 0. The molecule has 3 aromatic carbocycles. The fourth-order valence-electron chi connectivity index (χ4n) is 1.77. The lowest BCUT2D eigenvalue weighted by atomic mass is 10.1. The Morgan fingerprint density at radius 3 is 1.55 bits per heavy atom. The van der Waals surface area contributed by atoms with Gasteiger partial charge in [-0.05, 0) is 17.2 Å². The highest BCUT2D eigenvalue weighted by Crippen LogP contribution is 2.30. The van der Waals surface area contributed by atoms with Crippen molar-refractivity contribution in [3.8, 4) is 11.1 Å². The summed E-state index contributed by atoms with van der Waals surface area (Å²) in [6.45, 7) is 0. The predicted octanol–water partition coefficient (Wildman–Crippen LogP) is 5.62. The standard InChI is InChI=1S/C12H10S2.C6H6/c13-11-8-4-7-10(12(11)14)9-5-2-1-3-6-9;1-2-4-6-5-3-1/h1-8,13-14H;1-6H. The second-order valence-electron chi connectivity index (χ2n) is 4.19. The Bertz CT molecular complexity index is 607. The Morgan fingerprint density at radius 2 is 1.00 bits per heavy atom. The Morgan fingerprint density at radius 1 is 0.500 bits per heavy atom. The van der Waals surface area contributed by atoms with E-state index in [1.807, 2.05) is 66.7 Å². The Hall–Kier alpha value is -1.64. The molecular formula is C18H16S2. The average Bonchev–Trinajstić information content (AvgIpc) is 2.53. The summed E-state index contributed by atoms with van der Waals surface area (Å²) in [7, 11) is 0. The van der Waals surface area contributed by atoms with E-state index in [1.165, 1.54) is 5.56 Å². The van der Waals surface area contributed by atoms with E-state index in [2.05, 4.69) is 43.5 Å². The van der Waals surface area contributed by atoms with Crippen LogP contribution in [0, 0.1) is 0 Å². The predicted molar refractivity (Wildman–Crippen MR) is 92.8 cm³/mol. The van der Waals surface area contributed by atoms with Gasteiger partial charge in [0, 0.05) is 9.79 Å². The van der Waals surface area contributed by atoms with Gasteiger partial charge in [0.25, 0.3) is 0 Å². The van der Waals surface area contributed by atoms with E-state index in [0.717, 1.165) is 15.4 Å². The molecule has 2 heteroatoms. The first-order chi connectivity index (χ1) is 9.79. The molecule has 0 N–H and O–H groups in total. The molecule has 0 aliphatic rings. The summed E-state index contributed by atoms with van der Waals surface area (Å²) in [6, 6.07) is 28.2. The third-order valence-electron chi connectivity index (χ3n) is 2.77. The maximum Gasteiger partial charge on any atom is 0.0253 e. The summed E-state index contributed by atoms with van der Waals surface area (Å²) in [6.07, 6.45) is 0. The minimum Gasteiger partial charge on any atom is -0.142 e. The van der Waals surface area contributed by atoms with Crippen molar-refractivity contribution in [2.75, 3.05) is 0 Å². The lowest BCUT2D eigenvalue weighted by molar-refractivity contribution is 1.27. The summed E-state index contributed by atoms with van der Waals surface area (Å²) in [4.78, 5) is 1.84. The zero-order chi connectivity index (χ0) is 14.2. The largest absolute Gasteiger partial charge is 0.142 e. The molecule has 0 unspecified atom stereocenters. The van der Waals surface area contributed by atoms with Crippen LogP contribution in [0.5, 0.6) is 0 Å². The van der Waals surface area contributed by atoms with Crippen molar-refractivity contribution in [2.45, 2.75) is 9.79 Å². The second-order valence-corrected chi connectivity index (χ2v) is 5.12. The van der Waals surface area contributed by atoms with Crippen LogP contribution in [0.4, 0.5) is 0 Å². The molecule has 0 aromatic heterocycles. The van der Waals surface area contributed by atoms with Crippen LogP contribution in [0.25, 0.3) is 11.1 Å². The van der Waals surface area contributed by atoms with Gasteiger partial charge >= 0.3 is 0 Å². The van der Waals surface area contributed by atoms with Gasteiger partial charge in [-0.25, -0.2) is 0 Å². The van der Waals surface area contributed by atoms with Crippen molar-refractivity contribution in [2.24, 2.45) is 0 Å². The fourth-order valence-corrected chi connectivity index (χ4v) is 2.25. The molecule has 0 amide bonds. The monoisotopic (exact) mass is 296 g/mol. The minimum absolute atomic E-state index is 0.912. The lowest BCUT2D eigenvalue weighted by Gasteiger charge is -2.06. The molecule has 0 fully saturated rings. The van der Waals surface area contributed by atoms with Gasteiger partial charge < -0.3 is 0 Å². The molecule has 0 nitrogen and oxygen atoms in total. The molecule has 0 radical (unpaired) electrons. The number of hydrogen-bond donors (Lipinski definition) is 2. The molecule has 3 aromatic rings. The van der Waals surface area contributed by atoms with Crippen LogP contribution >= 0.6 is 25.3 Å². The van der Waals surface area contributed by atoms with E-state index in [0.29, 0.717) is 0 Å². The summed E-state index contributed by atoms with van der Waals surface area (Å²) >= 11 is 8.79. The van der Waals surface area contributed by atoms with Gasteiger partial charge in [-0.15, -0.1) is 25.3 Å². The topological polar surface area (TPSA) is 0 Å². The molecular weight excluding hydrogens is 280 g/mol. The van der Waals surface area contributed by atoms with Gasteiger partial charge in [0.1, 0.15) is 0 Å². The highest BCUT2D eigenvalue weighted by molar-refractivity contribution is 7.83. The number of rotatable bonds is 1. The number of thiol groups is 2. The molecule has 100 valence electrons. The SMILES string of the molecule is Sc1cccc(-c2ccccc2)c1S.c1ccccc1. The van der Waals surface area contributed by atoms with Crippen molar-refractivity contribution in [3.05, 3.63) is 84.9 Å². The van der Waals surface area contributed by atoms with Gasteiger partial charge in [-0.2, -0.15) is 0 Å². The van der Waals surface area contributed by atoms with E-state index in [4.69, 9.17) is 0 Å². The molecule has 0 aliphatic heterocycles. The normalized spacial score (nSPS) is 9.50. The van der Waals surface area contributed by atoms with E-state index in [1.54, 1.807) is 0 Å². The van der Waals surface area contributed by atoms with Gasteiger partial charge in [-0.1, -0.05) is 78.9 Å². The summed E-state index contributed by atoms with van der Waals surface area (Å²) in [5.74, 6) is 0. The van der Waals surface area contributed by atoms with Gasteiger partial charge in [0.15, 0.2) is 0 Å². The molecule has 20 heavy (non-hydrogen) atoms. The van der Waals surface area contributed by atoms with Gasteiger partial charge in [0.05, 0.1) is 0 Å². The molecule has 0 saturated heterocycles. The van der Waals surface area contributed by atoms with Crippen molar-refractivity contribution in [1.82, 2.24) is 0 Å². The Balaban J connectivity index is 0.000000205. The Labute approximate surface area is 131 Å². The zero-order valence-electron chi connectivity index (χ0n) is 11.0. The molecule has 3 rings (SSSR count). The molecule has 0 bridgehead atoms. The van der Waals surface area contributed by atoms with Crippen LogP contribution in [-0.2, 0) is 0 Å². The van der Waals surface area contributed by atoms with Crippen LogP contribution in [0.3, 0.4) is 0 Å². The van der Waals surface area contributed by atoms with E-state index < -0.39 is 0 Å². The van der Waals surface area contributed by atoms with Crippen molar-refractivity contribution < 1.29 is 0 Å². The third-order valence-corrected chi connectivity index (χ3v) is 3.80. The highest BCUT2D eigenvalue weighted by atomic mass is 32.1. The average molecular weight is 296 g/mol. The molecule has 0 saturated carbocycles. The molecule has 0 aliphatic carbocycles. The highest BCUT2D eigenvalue weighted by Gasteiger charge is 2.03. The van der Waals surface area contributed by atoms with Crippen LogP contribution in [0.15, 0.2) is 94.7 Å². The molecule has 0 atom stereocenters. The fraction of sp³-hybridized carbons (Fsp3) is 0.